The van der Waals surface area contributed by atoms with E-state index < -0.39 is 12.0 Å². The van der Waals surface area contributed by atoms with E-state index >= 15 is 0 Å². The molecular weight excluding hydrogens is 278 g/mol. The average Bonchev–Trinajstić information content (AvgIpc) is 2.44. The fourth-order valence-electron chi connectivity index (χ4n) is 2.23. The third-order valence-corrected chi connectivity index (χ3v) is 3.73. The lowest BCUT2D eigenvalue weighted by Crippen LogP contribution is -2.40. The maximum absolute atomic E-state index is 11.7. The van der Waals surface area contributed by atoms with Crippen LogP contribution >= 0.6 is 0 Å². The Bertz CT molecular complexity index is 500. The van der Waals surface area contributed by atoms with E-state index in [0.717, 1.165) is 12.8 Å². The van der Waals surface area contributed by atoms with Crippen LogP contribution in [0.1, 0.15) is 58.1 Å². The molecule has 0 aliphatic rings. The van der Waals surface area contributed by atoms with Crippen LogP contribution < -0.4 is 5.32 Å². The normalized spacial score (nSPS) is 12.7. The lowest BCUT2D eigenvalue weighted by molar-refractivity contribution is -0.141. The molecule has 1 aromatic rings. The number of carbonyl (C=O) groups is 2. The Morgan fingerprint density at radius 2 is 1.77 bits per heavy atom. The predicted octanol–water partition coefficient (Wildman–Crippen LogP) is 3.29. The first kappa shape index (κ1) is 18.2. The SMILES string of the molecule is CCC(NC(=O)CCCc1ccc(C(C)(C)C)cc1)C(=O)O. The highest BCUT2D eigenvalue weighted by Gasteiger charge is 2.17. The fraction of sp³-hybridized carbons (Fsp3) is 0.556. The smallest absolute Gasteiger partial charge is 0.326 e. The molecule has 0 spiro atoms. The molecule has 0 radical (unpaired) electrons. The van der Waals surface area contributed by atoms with Crippen LogP contribution in [0.2, 0.25) is 0 Å². The Morgan fingerprint density at radius 3 is 2.23 bits per heavy atom. The summed E-state index contributed by atoms with van der Waals surface area (Å²) < 4.78 is 0. The van der Waals surface area contributed by atoms with Crippen molar-refractivity contribution in [2.45, 2.75) is 64.8 Å². The lowest BCUT2D eigenvalue weighted by atomic mass is 9.86. The summed E-state index contributed by atoms with van der Waals surface area (Å²) in [5, 5.41) is 11.4. The fourth-order valence-corrected chi connectivity index (χ4v) is 2.23. The van der Waals surface area contributed by atoms with Crippen LogP contribution in [0.4, 0.5) is 0 Å². The zero-order valence-corrected chi connectivity index (χ0v) is 14.0. The van der Waals surface area contributed by atoms with Gasteiger partial charge in [0, 0.05) is 6.42 Å². The summed E-state index contributed by atoms with van der Waals surface area (Å²) >= 11 is 0. The van der Waals surface area contributed by atoms with Crippen molar-refractivity contribution in [3.05, 3.63) is 35.4 Å². The number of nitrogens with one attached hydrogen (secondary N) is 1. The Balaban J connectivity index is 2.41. The molecule has 1 unspecified atom stereocenters. The van der Waals surface area contributed by atoms with E-state index in [2.05, 4.69) is 50.4 Å². The second-order valence-electron chi connectivity index (χ2n) is 6.67. The number of rotatable bonds is 7. The first-order chi connectivity index (χ1) is 10.2. The van der Waals surface area contributed by atoms with Gasteiger partial charge in [0.1, 0.15) is 6.04 Å². The number of hydrogen-bond acceptors (Lipinski definition) is 2. The predicted molar refractivity (Wildman–Crippen MR) is 87.9 cm³/mol. The van der Waals surface area contributed by atoms with E-state index in [1.807, 2.05) is 0 Å². The summed E-state index contributed by atoms with van der Waals surface area (Å²) in [6.45, 7) is 8.28. The highest BCUT2D eigenvalue weighted by atomic mass is 16.4. The highest BCUT2D eigenvalue weighted by Crippen LogP contribution is 2.22. The maximum atomic E-state index is 11.7. The minimum Gasteiger partial charge on any atom is -0.480 e. The molecule has 0 bridgehead atoms. The molecule has 22 heavy (non-hydrogen) atoms. The summed E-state index contributed by atoms with van der Waals surface area (Å²) in [4.78, 5) is 22.6. The van der Waals surface area contributed by atoms with Gasteiger partial charge in [0.15, 0.2) is 0 Å². The number of benzene rings is 1. The minimum atomic E-state index is -0.978. The Labute approximate surface area is 132 Å². The zero-order valence-electron chi connectivity index (χ0n) is 14.0. The van der Waals surface area contributed by atoms with Gasteiger partial charge in [-0.1, -0.05) is 52.0 Å². The van der Waals surface area contributed by atoms with Crippen molar-refractivity contribution in [2.24, 2.45) is 0 Å². The molecule has 1 aromatic carbocycles. The minimum absolute atomic E-state index is 0.143. The molecule has 122 valence electrons. The Kier molecular flexibility index (Phi) is 6.60. The summed E-state index contributed by atoms with van der Waals surface area (Å²) in [5.41, 5.74) is 2.64. The first-order valence-corrected chi connectivity index (χ1v) is 7.85. The molecule has 0 saturated carbocycles. The topological polar surface area (TPSA) is 66.4 Å². The van der Waals surface area contributed by atoms with Gasteiger partial charge in [-0.2, -0.15) is 0 Å². The van der Waals surface area contributed by atoms with Crippen LogP contribution in [-0.2, 0) is 21.4 Å². The van der Waals surface area contributed by atoms with Gasteiger partial charge in [-0.05, 0) is 35.8 Å². The van der Waals surface area contributed by atoms with Crippen molar-refractivity contribution >= 4 is 11.9 Å². The van der Waals surface area contributed by atoms with E-state index in [1.54, 1.807) is 6.92 Å². The summed E-state index contributed by atoms with van der Waals surface area (Å²) in [5.74, 6) is -1.17. The number of aryl methyl sites for hydroxylation is 1. The molecule has 0 aliphatic heterocycles. The number of carboxylic acid groups (broad SMARTS) is 1. The zero-order chi connectivity index (χ0) is 16.8. The third kappa shape index (κ3) is 5.88. The van der Waals surface area contributed by atoms with Crippen molar-refractivity contribution in [3.8, 4) is 0 Å². The maximum Gasteiger partial charge on any atom is 0.326 e. The standard InChI is InChI=1S/C18H27NO3/c1-5-15(17(21)22)19-16(20)8-6-7-13-9-11-14(12-10-13)18(2,3)4/h9-12,15H,5-8H2,1-4H3,(H,19,20)(H,21,22). The highest BCUT2D eigenvalue weighted by molar-refractivity contribution is 5.83. The van der Waals surface area contributed by atoms with Crippen molar-refractivity contribution in [2.75, 3.05) is 0 Å². The van der Waals surface area contributed by atoms with Gasteiger partial charge in [-0.15, -0.1) is 0 Å². The molecule has 1 atom stereocenters. The molecule has 1 amide bonds. The molecule has 0 heterocycles. The summed E-state index contributed by atoms with van der Waals surface area (Å²) in [6.07, 6.45) is 2.29. The van der Waals surface area contributed by atoms with Crippen LogP contribution in [0.15, 0.2) is 24.3 Å². The summed E-state index contributed by atoms with van der Waals surface area (Å²) in [6, 6.07) is 7.69. The average molecular weight is 305 g/mol. The molecule has 0 fully saturated rings. The number of carbonyl (C=O) groups excluding carboxylic acids is 1. The molecule has 0 aliphatic carbocycles. The second kappa shape index (κ2) is 7.97. The van der Waals surface area contributed by atoms with Crippen LogP contribution in [0.5, 0.6) is 0 Å². The molecule has 4 heteroatoms. The van der Waals surface area contributed by atoms with Gasteiger partial charge in [-0.25, -0.2) is 4.79 Å². The van der Waals surface area contributed by atoms with E-state index in [9.17, 15) is 9.59 Å². The molecular formula is C18H27NO3. The first-order valence-electron chi connectivity index (χ1n) is 7.85. The molecule has 1 rings (SSSR count). The van der Waals surface area contributed by atoms with Crippen LogP contribution in [-0.4, -0.2) is 23.0 Å². The van der Waals surface area contributed by atoms with Crippen molar-refractivity contribution in [3.63, 3.8) is 0 Å². The number of amides is 1. The van der Waals surface area contributed by atoms with Crippen LogP contribution in [0, 0.1) is 0 Å². The molecule has 0 saturated heterocycles. The van der Waals surface area contributed by atoms with Gasteiger partial charge < -0.3 is 10.4 Å². The van der Waals surface area contributed by atoms with Crippen molar-refractivity contribution in [1.82, 2.24) is 5.32 Å². The monoisotopic (exact) mass is 305 g/mol. The Morgan fingerprint density at radius 1 is 1.18 bits per heavy atom. The number of carboxylic acids is 1. The quantitative estimate of drug-likeness (QED) is 0.812. The number of hydrogen-bond donors (Lipinski definition) is 2. The van der Waals surface area contributed by atoms with E-state index in [4.69, 9.17) is 5.11 Å². The van der Waals surface area contributed by atoms with E-state index in [-0.39, 0.29) is 11.3 Å². The lowest BCUT2D eigenvalue weighted by Gasteiger charge is -2.19. The van der Waals surface area contributed by atoms with Gasteiger partial charge >= 0.3 is 5.97 Å². The van der Waals surface area contributed by atoms with E-state index in [0.29, 0.717) is 12.8 Å². The van der Waals surface area contributed by atoms with Gasteiger partial charge in [0.05, 0.1) is 0 Å². The van der Waals surface area contributed by atoms with Crippen LogP contribution in [0.25, 0.3) is 0 Å². The third-order valence-electron chi connectivity index (χ3n) is 3.73. The van der Waals surface area contributed by atoms with Crippen LogP contribution in [0.3, 0.4) is 0 Å². The largest absolute Gasteiger partial charge is 0.480 e. The van der Waals surface area contributed by atoms with Gasteiger partial charge in [-0.3, -0.25) is 4.79 Å². The number of aliphatic carboxylic acids is 1. The Hall–Kier alpha value is -1.84. The van der Waals surface area contributed by atoms with Gasteiger partial charge in [0.2, 0.25) is 5.91 Å². The van der Waals surface area contributed by atoms with E-state index in [1.165, 1.54) is 11.1 Å². The van der Waals surface area contributed by atoms with Crippen molar-refractivity contribution in [1.29, 1.82) is 0 Å². The van der Waals surface area contributed by atoms with Crippen molar-refractivity contribution < 1.29 is 14.7 Å². The van der Waals surface area contributed by atoms with Gasteiger partial charge in [0.25, 0.3) is 0 Å². The molecule has 0 aromatic heterocycles. The summed E-state index contributed by atoms with van der Waals surface area (Å²) in [7, 11) is 0. The second-order valence-corrected chi connectivity index (χ2v) is 6.67. The molecule has 2 N–H and O–H groups in total. The molecule has 4 nitrogen and oxygen atoms in total.